The lowest BCUT2D eigenvalue weighted by atomic mass is 10.1. The molecule has 3 rings (SSSR count). The van der Waals surface area contributed by atoms with Crippen molar-refractivity contribution in [3.05, 3.63) is 65.2 Å². The Hall–Kier alpha value is -2.37. The average Bonchev–Trinajstić information content (AvgIpc) is 2.68. The molecule has 0 aliphatic carbocycles. The van der Waals surface area contributed by atoms with Gasteiger partial charge in [0.15, 0.2) is 6.61 Å². The van der Waals surface area contributed by atoms with E-state index in [0.29, 0.717) is 12.3 Å². The second kappa shape index (κ2) is 9.36. The summed E-state index contributed by atoms with van der Waals surface area (Å²) in [5.74, 6) is 0.588. The van der Waals surface area contributed by atoms with Crippen LogP contribution in [0.3, 0.4) is 0 Å². The summed E-state index contributed by atoms with van der Waals surface area (Å²) in [5.41, 5.74) is 3.55. The standard InChI is InChI=1S/C21H26N2O3/c1-17-6-8-20(9-7-17)26-16-21(24)22-14-18-4-2-3-5-19(18)15-23-10-12-25-13-11-23/h2-9H,10-16H2,1H3,(H,22,24). The number of hydrogen-bond donors (Lipinski definition) is 1. The molecule has 0 atom stereocenters. The molecular weight excluding hydrogens is 328 g/mol. The molecule has 138 valence electrons. The summed E-state index contributed by atoms with van der Waals surface area (Å²) >= 11 is 0. The van der Waals surface area contributed by atoms with Crippen LogP contribution in [0.4, 0.5) is 0 Å². The van der Waals surface area contributed by atoms with E-state index in [1.54, 1.807) is 0 Å². The molecule has 1 heterocycles. The number of carbonyl (C=O) groups excluding carboxylic acids is 1. The largest absolute Gasteiger partial charge is 0.484 e. The molecule has 0 aromatic heterocycles. The molecule has 0 radical (unpaired) electrons. The molecule has 0 saturated carbocycles. The molecule has 5 heteroatoms. The Morgan fingerprint density at radius 3 is 2.50 bits per heavy atom. The van der Waals surface area contributed by atoms with E-state index in [9.17, 15) is 4.79 Å². The summed E-state index contributed by atoms with van der Waals surface area (Å²) in [7, 11) is 0. The Labute approximate surface area is 154 Å². The van der Waals surface area contributed by atoms with Crippen LogP contribution >= 0.6 is 0 Å². The van der Waals surface area contributed by atoms with Crippen LogP contribution in [0.25, 0.3) is 0 Å². The molecule has 1 amide bonds. The van der Waals surface area contributed by atoms with Crippen LogP contribution in [0.2, 0.25) is 0 Å². The van der Waals surface area contributed by atoms with Gasteiger partial charge in [0, 0.05) is 26.2 Å². The number of hydrogen-bond acceptors (Lipinski definition) is 4. The van der Waals surface area contributed by atoms with Gasteiger partial charge in [-0.3, -0.25) is 9.69 Å². The highest BCUT2D eigenvalue weighted by Crippen LogP contribution is 2.13. The smallest absolute Gasteiger partial charge is 0.258 e. The van der Waals surface area contributed by atoms with E-state index < -0.39 is 0 Å². The minimum absolute atomic E-state index is 0.0225. The molecule has 2 aromatic carbocycles. The van der Waals surface area contributed by atoms with E-state index in [4.69, 9.17) is 9.47 Å². The zero-order chi connectivity index (χ0) is 18.2. The van der Waals surface area contributed by atoms with Crippen LogP contribution in [0, 0.1) is 6.92 Å². The van der Waals surface area contributed by atoms with Gasteiger partial charge in [-0.15, -0.1) is 0 Å². The molecule has 26 heavy (non-hydrogen) atoms. The van der Waals surface area contributed by atoms with Gasteiger partial charge in [0.2, 0.25) is 0 Å². The third-order valence-corrected chi connectivity index (χ3v) is 4.48. The first kappa shape index (κ1) is 18.4. The van der Waals surface area contributed by atoms with Crippen molar-refractivity contribution in [2.24, 2.45) is 0 Å². The van der Waals surface area contributed by atoms with Crippen LogP contribution in [0.5, 0.6) is 5.75 Å². The lowest BCUT2D eigenvalue weighted by Crippen LogP contribution is -2.36. The van der Waals surface area contributed by atoms with E-state index in [-0.39, 0.29) is 12.5 Å². The van der Waals surface area contributed by atoms with Gasteiger partial charge >= 0.3 is 0 Å². The SMILES string of the molecule is Cc1ccc(OCC(=O)NCc2ccccc2CN2CCOCC2)cc1. The first-order chi connectivity index (χ1) is 12.7. The number of rotatable bonds is 7. The highest BCUT2D eigenvalue weighted by Gasteiger charge is 2.13. The molecular formula is C21H26N2O3. The topological polar surface area (TPSA) is 50.8 Å². The predicted octanol–water partition coefficient (Wildman–Crippen LogP) is 2.52. The molecule has 1 saturated heterocycles. The second-order valence-electron chi connectivity index (χ2n) is 6.54. The maximum absolute atomic E-state index is 12.1. The summed E-state index contributed by atoms with van der Waals surface area (Å²) in [5, 5.41) is 2.95. The highest BCUT2D eigenvalue weighted by molar-refractivity contribution is 5.77. The van der Waals surface area contributed by atoms with Gasteiger partial charge in [-0.2, -0.15) is 0 Å². The number of ether oxygens (including phenoxy) is 2. The maximum Gasteiger partial charge on any atom is 0.258 e. The number of carbonyl (C=O) groups is 1. The third-order valence-electron chi connectivity index (χ3n) is 4.48. The molecule has 2 aromatic rings. The van der Waals surface area contributed by atoms with E-state index in [2.05, 4.69) is 22.3 Å². The number of nitrogens with one attached hydrogen (secondary N) is 1. The van der Waals surface area contributed by atoms with E-state index in [1.807, 2.05) is 43.3 Å². The summed E-state index contributed by atoms with van der Waals surface area (Å²) in [6, 6.07) is 15.9. The Morgan fingerprint density at radius 2 is 1.77 bits per heavy atom. The van der Waals surface area contributed by atoms with Crippen molar-refractivity contribution >= 4 is 5.91 Å². The van der Waals surface area contributed by atoms with Gasteiger partial charge in [0.1, 0.15) is 5.75 Å². The molecule has 0 spiro atoms. The van der Waals surface area contributed by atoms with Gasteiger partial charge < -0.3 is 14.8 Å². The molecule has 1 aliphatic rings. The number of benzene rings is 2. The first-order valence-electron chi connectivity index (χ1n) is 9.04. The molecule has 5 nitrogen and oxygen atoms in total. The zero-order valence-electron chi connectivity index (χ0n) is 15.2. The van der Waals surface area contributed by atoms with E-state index >= 15 is 0 Å². The number of amides is 1. The van der Waals surface area contributed by atoms with Crippen LogP contribution < -0.4 is 10.1 Å². The fourth-order valence-corrected chi connectivity index (χ4v) is 2.91. The van der Waals surface area contributed by atoms with Gasteiger partial charge in [-0.25, -0.2) is 0 Å². The van der Waals surface area contributed by atoms with E-state index in [0.717, 1.165) is 38.4 Å². The van der Waals surface area contributed by atoms with Crippen molar-refractivity contribution < 1.29 is 14.3 Å². The Morgan fingerprint density at radius 1 is 1.08 bits per heavy atom. The van der Waals surface area contributed by atoms with Gasteiger partial charge in [-0.05, 0) is 30.2 Å². The fourth-order valence-electron chi connectivity index (χ4n) is 2.91. The summed E-state index contributed by atoms with van der Waals surface area (Å²) in [6.45, 7) is 6.91. The number of nitrogens with zero attached hydrogens (tertiary/aromatic N) is 1. The quantitative estimate of drug-likeness (QED) is 0.830. The van der Waals surface area contributed by atoms with Crippen molar-refractivity contribution in [2.45, 2.75) is 20.0 Å². The summed E-state index contributed by atoms with van der Waals surface area (Å²) in [4.78, 5) is 14.5. The van der Waals surface area contributed by atoms with Crippen molar-refractivity contribution in [3.63, 3.8) is 0 Å². The monoisotopic (exact) mass is 354 g/mol. The summed E-state index contributed by atoms with van der Waals surface area (Å²) < 4.78 is 10.9. The molecule has 0 unspecified atom stereocenters. The fraction of sp³-hybridized carbons (Fsp3) is 0.381. The van der Waals surface area contributed by atoms with Crippen molar-refractivity contribution in [1.29, 1.82) is 0 Å². The van der Waals surface area contributed by atoms with Crippen molar-refractivity contribution in [2.75, 3.05) is 32.9 Å². The van der Waals surface area contributed by atoms with Gasteiger partial charge in [0.25, 0.3) is 5.91 Å². The third kappa shape index (κ3) is 5.58. The van der Waals surface area contributed by atoms with Crippen LogP contribution in [-0.2, 0) is 22.6 Å². The van der Waals surface area contributed by atoms with Crippen molar-refractivity contribution in [3.8, 4) is 5.75 Å². The van der Waals surface area contributed by atoms with Gasteiger partial charge in [-0.1, -0.05) is 42.0 Å². The van der Waals surface area contributed by atoms with Crippen LogP contribution in [-0.4, -0.2) is 43.7 Å². The highest BCUT2D eigenvalue weighted by atomic mass is 16.5. The Balaban J connectivity index is 1.49. The van der Waals surface area contributed by atoms with E-state index in [1.165, 1.54) is 11.1 Å². The first-order valence-corrected chi connectivity index (χ1v) is 9.04. The second-order valence-corrected chi connectivity index (χ2v) is 6.54. The predicted molar refractivity (Wildman–Crippen MR) is 101 cm³/mol. The minimum atomic E-state index is -0.119. The van der Waals surface area contributed by atoms with Gasteiger partial charge in [0.05, 0.1) is 13.2 Å². The maximum atomic E-state index is 12.1. The molecule has 1 fully saturated rings. The van der Waals surface area contributed by atoms with Crippen LogP contribution in [0.1, 0.15) is 16.7 Å². The number of morpholine rings is 1. The Kier molecular flexibility index (Phi) is 6.63. The van der Waals surface area contributed by atoms with Crippen molar-refractivity contribution in [1.82, 2.24) is 10.2 Å². The number of aryl methyl sites for hydroxylation is 1. The molecule has 1 N–H and O–H groups in total. The average molecular weight is 354 g/mol. The zero-order valence-corrected chi connectivity index (χ0v) is 15.2. The Bertz CT molecular complexity index is 709. The van der Waals surface area contributed by atoms with Crippen LogP contribution in [0.15, 0.2) is 48.5 Å². The lowest BCUT2D eigenvalue weighted by Gasteiger charge is -2.27. The summed E-state index contributed by atoms with van der Waals surface area (Å²) in [6.07, 6.45) is 0. The minimum Gasteiger partial charge on any atom is -0.484 e. The molecule has 0 bridgehead atoms. The lowest BCUT2D eigenvalue weighted by molar-refractivity contribution is -0.123. The normalized spacial score (nSPS) is 14.8. The molecule has 1 aliphatic heterocycles.